The number of allylic oxidation sites excluding steroid dienone is 3. The van der Waals surface area contributed by atoms with E-state index in [1.165, 1.54) is 18.2 Å². The lowest BCUT2D eigenvalue weighted by atomic mass is 10.1. The molecule has 1 unspecified atom stereocenters. The Bertz CT molecular complexity index is 238. The third-order valence-electron chi connectivity index (χ3n) is 1.03. The Morgan fingerprint density at radius 3 is 3.00 bits per heavy atom. The molecule has 1 atom stereocenters. The molecule has 0 spiro atoms. The zero-order valence-electron chi connectivity index (χ0n) is 4.63. The van der Waals surface area contributed by atoms with Crippen LogP contribution in [0.3, 0.4) is 0 Å². The predicted octanol–water partition coefficient (Wildman–Crippen LogP) is 1.50. The van der Waals surface area contributed by atoms with Crippen LogP contribution in [0.25, 0.3) is 0 Å². The van der Waals surface area contributed by atoms with Gasteiger partial charge in [-0.25, -0.2) is 4.39 Å². The van der Waals surface area contributed by atoms with Crippen molar-refractivity contribution in [3.63, 3.8) is 0 Å². The zero-order valence-corrected chi connectivity index (χ0v) is 4.63. The molecule has 0 aromatic rings. The Labute approximate surface area is 52.4 Å². The lowest BCUT2D eigenvalue weighted by Crippen LogP contribution is -1.98. The van der Waals surface area contributed by atoms with Crippen LogP contribution in [0, 0.1) is 11.3 Å². The molecule has 44 valence electrons. The molecular weight excluding hydrogens is 117 g/mol. The van der Waals surface area contributed by atoms with Crippen molar-refractivity contribution in [3.05, 3.63) is 29.5 Å². The molecule has 0 heterocycles. The molecule has 0 fully saturated rings. The van der Waals surface area contributed by atoms with Crippen molar-refractivity contribution in [2.24, 2.45) is 0 Å². The van der Waals surface area contributed by atoms with Crippen molar-refractivity contribution >= 4 is 0 Å². The van der Waals surface area contributed by atoms with Crippen LogP contribution in [0.5, 0.6) is 0 Å². The molecule has 1 aliphatic rings. The van der Waals surface area contributed by atoms with Gasteiger partial charge in [-0.3, -0.25) is 0 Å². The van der Waals surface area contributed by atoms with Gasteiger partial charge in [-0.15, -0.1) is 5.73 Å². The summed E-state index contributed by atoms with van der Waals surface area (Å²) in [5.74, 6) is 0. The zero-order chi connectivity index (χ0) is 6.69. The second kappa shape index (κ2) is 2.30. The highest BCUT2D eigenvalue weighted by Crippen LogP contribution is 2.09. The van der Waals surface area contributed by atoms with E-state index in [0.29, 0.717) is 0 Å². The molecular formula is C7H4FN. The monoisotopic (exact) mass is 121 g/mol. The van der Waals surface area contributed by atoms with Gasteiger partial charge in [0.2, 0.25) is 0 Å². The van der Waals surface area contributed by atoms with Gasteiger partial charge in [0.05, 0.1) is 11.6 Å². The van der Waals surface area contributed by atoms with E-state index in [1.54, 1.807) is 6.07 Å². The van der Waals surface area contributed by atoms with Crippen molar-refractivity contribution in [3.8, 4) is 6.07 Å². The highest BCUT2D eigenvalue weighted by Gasteiger charge is 2.08. The Morgan fingerprint density at radius 1 is 1.78 bits per heavy atom. The summed E-state index contributed by atoms with van der Waals surface area (Å²) in [5.41, 5.74) is 2.69. The molecule has 0 amide bonds. The first-order chi connectivity index (χ1) is 4.34. The number of rotatable bonds is 0. The fraction of sp³-hybridized carbons (Fsp3) is 0.143. The van der Waals surface area contributed by atoms with Gasteiger partial charge in [-0.1, -0.05) is 0 Å². The second-order valence-corrected chi connectivity index (χ2v) is 1.64. The van der Waals surface area contributed by atoms with E-state index in [4.69, 9.17) is 5.26 Å². The Morgan fingerprint density at radius 2 is 2.56 bits per heavy atom. The first-order valence-electron chi connectivity index (χ1n) is 2.51. The Hall–Kier alpha value is -1.32. The third kappa shape index (κ3) is 1.07. The van der Waals surface area contributed by atoms with Gasteiger partial charge in [0.25, 0.3) is 0 Å². The van der Waals surface area contributed by atoms with E-state index < -0.39 is 6.17 Å². The largest absolute Gasteiger partial charge is 0.236 e. The van der Waals surface area contributed by atoms with Crippen LogP contribution in [0.15, 0.2) is 29.5 Å². The fourth-order valence-corrected chi connectivity index (χ4v) is 0.559. The maximum atomic E-state index is 12.4. The lowest BCUT2D eigenvalue weighted by molar-refractivity contribution is 0.456. The summed E-state index contributed by atoms with van der Waals surface area (Å²) in [4.78, 5) is 0. The van der Waals surface area contributed by atoms with Crippen molar-refractivity contribution < 1.29 is 4.39 Å². The van der Waals surface area contributed by atoms with Gasteiger partial charge in [0.15, 0.2) is 6.17 Å². The molecule has 1 rings (SSSR count). The molecule has 9 heavy (non-hydrogen) atoms. The van der Waals surface area contributed by atoms with Crippen LogP contribution in [0.4, 0.5) is 4.39 Å². The van der Waals surface area contributed by atoms with E-state index in [0.717, 1.165) is 0 Å². The van der Waals surface area contributed by atoms with Gasteiger partial charge in [0.1, 0.15) is 0 Å². The summed E-state index contributed by atoms with van der Waals surface area (Å²) in [7, 11) is 0. The number of alkyl halides is 1. The lowest BCUT2D eigenvalue weighted by Gasteiger charge is -1.98. The molecule has 0 saturated heterocycles. The van der Waals surface area contributed by atoms with Crippen molar-refractivity contribution in [1.29, 1.82) is 5.26 Å². The highest BCUT2D eigenvalue weighted by molar-refractivity contribution is 5.35. The third-order valence-corrected chi connectivity index (χ3v) is 1.03. The maximum Gasteiger partial charge on any atom is 0.160 e. The minimum atomic E-state index is -1.25. The van der Waals surface area contributed by atoms with Gasteiger partial charge in [-0.2, -0.15) is 5.26 Å². The fourth-order valence-electron chi connectivity index (χ4n) is 0.559. The van der Waals surface area contributed by atoms with E-state index in [-0.39, 0.29) is 5.57 Å². The van der Waals surface area contributed by atoms with Crippen LogP contribution >= 0.6 is 0 Å². The van der Waals surface area contributed by atoms with Crippen LogP contribution in [-0.2, 0) is 0 Å². The molecule has 0 aromatic carbocycles. The summed E-state index contributed by atoms with van der Waals surface area (Å²) < 4.78 is 12.4. The smallest absolute Gasteiger partial charge is 0.160 e. The topological polar surface area (TPSA) is 23.8 Å². The van der Waals surface area contributed by atoms with Crippen LogP contribution < -0.4 is 0 Å². The maximum absolute atomic E-state index is 12.4. The molecule has 1 aliphatic carbocycles. The minimum Gasteiger partial charge on any atom is -0.236 e. The summed E-state index contributed by atoms with van der Waals surface area (Å²) in [6, 6.07) is 1.74. The van der Waals surface area contributed by atoms with Gasteiger partial charge >= 0.3 is 0 Å². The Balaban J connectivity index is 2.92. The summed E-state index contributed by atoms with van der Waals surface area (Å²) in [5, 5.41) is 8.24. The van der Waals surface area contributed by atoms with E-state index in [2.05, 4.69) is 5.73 Å². The number of halogens is 1. The SMILES string of the molecule is N#CC1=CC=C=CC1F. The number of nitriles is 1. The molecule has 0 radical (unpaired) electrons. The molecule has 0 aliphatic heterocycles. The number of nitrogens with zero attached hydrogens (tertiary/aromatic N) is 1. The van der Waals surface area contributed by atoms with E-state index >= 15 is 0 Å². The first kappa shape index (κ1) is 5.81. The summed E-state index contributed by atoms with van der Waals surface area (Å²) >= 11 is 0. The highest BCUT2D eigenvalue weighted by atomic mass is 19.1. The van der Waals surface area contributed by atoms with Gasteiger partial charge < -0.3 is 0 Å². The average Bonchev–Trinajstić information content (AvgIpc) is 1.89. The van der Waals surface area contributed by atoms with Gasteiger partial charge in [-0.05, 0) is 18.2 Å². The van der Waals surface area contributed by atoms with E-state index in [1.807, 2.05) is 0 Å². The first-order valence-corrected chi connectivity index (χ1v) is 2.51. The van der Waals surface area contributed by atoms with E-state index in [9.17, 15) is 4.39 Å². The summed E-state index contributed by atoms with van der Waals surface area (Å²) in [6.07, 6.45) is 2.91. The second-order valence-electron chi connectivity index (χ2n) is 1.64. The molecule has 0 N–H and O–H groups in total. The molecule has 2 heteroatoms. The number of hydrogen-bond acceptors (Lipinski definition) is 1. The Kier molecular flexibility index (Phi) is 1.48. The average molecular weight is 121 g/mol. The molecule has 0 aromatic heterocycles. The standard InChI is InChI=1S/C7H4FN/c8-7-4-2-1-3-6(7)5-9/h1,3-4,7H. The van der Waals surface area contributed by atoms with Crippen molar-refractivity contribution in [2.45, 2.75) is 6.17 Å². The molecule has 0 saturated carbocycles. The quantitative estimate of drug-likeness (QED) is 0.445. The summed E-state index contributed by atoms with van der Waals surface area (Å²) in [6.45, 7) is 0. The minimum absolute atomic E-state index is 0.147. The van der Waals surface area contributed by atoms with Crippen molar-refractivity contribution in [2.75, 3.05) is 0 Å². The predicted molar refractivity (Wildman–Crippen MR) is 31.2 cm³/mol. The van der Waals surface area contributed by atoms with Gasteiger partial charge in [0, 0.05) is 0 Å². The molecule has 1 nitrogen and oxygen atoms in total. The van der Waals surface area contributed by atoms with Crippen molar-refractivity contribution in [1.82, 2.24) is 0 Å². The normalized spacial score (nSPS) is 23.1. The van der Waals surface area contributed by atoms with Crippen LogP contribution in [-0.4, -0.2) is 6.17 Å². The number of hydrogen-bond donors (Lipinski definition) is 0. The molecule has 0 bridgehead atoms. The van der Waals surface area contributed by atoms with Crippen LogP contribution in [0.2, 0.25) is 0 Å². The van der Waals surface area contributed by atoms with Crippen LogP contribution in [0.1, 0.15) is 0 Å².